The Morgan fingerprint density at radius 3 is 2.69 bits per heavy atom. The normalized spacial score (nSPS) is 36.9. The van der Waals surface area contributed by atoms with Crippen molar-refractivity contribution in [3.05, 3.63) is 35.4 Å². The van der Waals surface area contributed by atoms with Gasteiger partial charge in [0.05, 0.1) is 0 Å². The summed E-state index contributed by atoms with van der Waals surface area (Å²) in [5.41, 5.74) is 4.36. The van der Waals surface area contributed by atoms with Crippen LogP contribution in [-0.4, -0.2) is 0 Å². The van der Waals surface area contributed by atoms with Gasteiger partial charge in [-0.3, -0.25) is 0 Å². The molecule has 0 heteroatoms. The summed E-state index contributed by atoms with van der Waals surface area (Å²) in [5, 5.41) is 0. The second-order valence-corrected chi connectivity index (χ2v) is 6.04. The van der Waals surface area contributed by atoms with Crippen molar-refractivity contribution >= 4 is 0 Å². The van der Waals surface area contributed by atoms with Crippen LogP contribution in [0, 0.1) is 5.41 Å². The van der Waals surface area contributed by atoms with Crippen molar-refractivity contribution in [2.45, 2.75) is 57.8 Å². The van der Waals surface area contributed by atoms with Crippen LogP contribution in [0.3, 0.4) is 0 Å². The molecular formula is C16H22. The highest BCUT2D eigenvalue weighted by atomic mass is 14.6. The van der Waals surface area contributed by atoms with Crippen LogP contribution in [0.1, 0.15) is 57.1 Å². The minimum atomic E-state index is 0.502. The Morgan fingerprint density at radius 2 is 1.88 bits per heavy atom. The summed E-state index contributed by atoms with van der Waals surface area (Å²) in [7, 11) is 0. The van der Waals surface area contributed by atoms with Gasteiger partial charge in [-0.15, -0.1) is 0 Å². The van der Waals surface area contributed by atoms with E-state index in [0.29, 0.717) is 10.8 Å². The molecule has 0 spiro atoms. The molecule has 2 aliphatic rings. The highest BCUT2D eigenvalue weighted by Crippen LogP contribution is 2.60. The quantitative estimate of drug-likeness (QED) is 0.647. The average Bonchev–Trinajstić information content (AvgIpc) is 2.57. The molecule has 1 fully saturated rings. The summed E-state index contributed by atoms with van der Waals surface area (Å²) in [6.07, 6.45) is 8.34. The molecule has 0 aliphatic heterocycles. The fraction of sp³-hybridized carbons (Fsp3) is 0.625. The Bertz CT molecular complexity index is 406. The van der Waals surface area contributed by atoms with E-state index in [4.69, 9.17) is 0 Å². The molecular weight excluding hydrogens is 192 g/mol. The van der Waals surface area contributed by atoms with E-state index in [-0.39, 0.29) is 0 Å². The van der Waals surface area contributed by atoms with Crippen LogP contribution in [0.5, 0.6) is 0 Å². The van der Waals surface area contributed by atoms with E-state index < -0.39 is 0 Å². The van der Waals surface area contributed by atoms with Gasteiger partial charge < -0.3 is 0 Å². The lowest BCUT2D eigenvalue weighted by Crippen LogP contribution is -2.42. The monoisotopic (exact) mass is 214 g/mol. The summed E-state index contributed by atoms with van der Waals surface area (Å²) >= 11 is 0. The third-order valence-corrected chi connectivity index (χ3v) is 5.45. The number of fused-ring (bicyclic) bond motifs is 3. The van der Waals surface area contributed by atoms with Crippen LogP contribution in [-0.2, 0) is 11.8 Å². The molecule has 0 N–H and O–H groups in total. The Labute approximate surface area is 99.1 Å². The van der Waals surface area contributed by atoms with Gasteiger partial charge >= 0.3 is 0 Å². The molecule has 0 unspecified atom stereocenters. The van der Waals surface area contributed by atoms with Crippen LogP contribution in [0.4, 0.5) is 0 Å². The predicted molar refractivity (Wildman–Crippen MR) is 68.7 cm³/mol. The average molecular weight is 214 g/mol. The summed E-state index contributed by atoms with van der Waals surface area (Å²) in [6, 6.07) is 9.20. The lowest BCUT2D eigenvalue weighted by Gasteiger charge is -2.48. The van der Waals surface area contributed by atoms with Crippen LogP contribution in [0.25, 0.3) is 0 Å². The van der Waals surface area contributed by atoms with Gasteiger partial charge in [0.15, 0.2) is 0 Å². The molecule has 0 aromatic heterocycles. The Morgan fingerprint density at radius 1 is 1.12 bits per heavy atom. The molecule has 1 saturated carbocycles. The molecule has 86 valence electrons. The number of hydrogen-bond donors (Lipinski definition) is 0. The SMILES string of the molecule is CC[C@@]12CCCC[C@]1(C)Cc1ccccc12. The van der Waals surface area contributed by atoms with Crippen molar-refractivity contribution in [2.24, 2.45) is 5.41 Å². The lowest BCUT2D eigenvalue weighted by molar-refractivity contribution is 0.0893. The first kappa shape index (κ1) is 10.4. The zero-order valence-electron chi connectivity index (χ0n) is 10.6. The second kappa shape index (κ2) is 3.35. The van der Waals surface area contributed by atoms with Crippen molar-refractivity contribution in [3.63, 3.8) is 0 Å². The van der Waals surface area contributed by atoms with Gasteiger partial charge in [0.2, 0.25) is 0 Å². The molecule has 3 rings (SSSR count). The molecule has 0 amide bonds. The molecule has 1 aromatic rings. The third-order valence-electron chi connectivity index (χ3n) is 5.45. The summed E-state index contributed by atoms with van der Waals surface area (Å²) < 4.78 is 0. The zero-order valence-corrected chi connectivity index (χ0v) is 10.6. The molecule has 0 heterocycles. The molecule has 0 saturated heterocycles. The fourth-order valence-electron chi connectivity index (χ4n) is 4.56. The maximum atomic E-state index is 2.54. The summed E-state index contributed by atoms with van der Waals surface area (Å²) in [5.74, 6) is 0. The maximum absolute atomic E-state index is 2.54. The van der Waals surface area contributed by atoms with Gasteiger partial charge in [0, 0.05) is 5.41 Å². The van der Waals surface area contributed by atoms with Crippen molar-refractivity contribution in [1.29, 1.82) is 0 Å². The van der Waals surface area contributed by atoms with Gasteiger partial charge in [-0.1, -0.05) is 51.0 Å². The lowest BCUT2D eigenvalue weighted by atomic mass is 9.56. The first-order chi connectivity index (χ1) is 7.72. The van der Waals surface area contributed by atoms with Crippen LogP contribution >= 0.6 is 0 Å². The van der Waals surface area contributed by atoms with Crippen LogP contribution in [0.15, 0.2) is 24.3 Å². The van der Waals surface area contributed by atoms with Gasteiger partial charge in [-0.05, 0) is 42.2 Å². The first-order valence-corrected chi connectivity index (χ1v) is 6.80. The van der Waals surface area contributed by atoms with Crippen molar-refractivity contribution in [2.75, 3.05) is 0 Å². The third kappa shape index (κ3) is 1.11. The highest BCUT2D eigenvalue weighted by molar-refractivity contribution is 5.43. The number of hydrogen-bond acceptors (Lipinski definition) is 0. The van der Waals surface area contributed by atoms with E-state index in [1.54, 1.807) is 11.1 Å². The summed E-state index contributed by atoms with van der Waals surface area (Å²) in [6.45, 7) is 4.93. The van der Waals surface area contributed by atoms with E-state index >= 15 is 0 Å². The largest absolute Gasteiger partial charge is 0.0645 e. The predicted octanol–water partition coefficient (Wildman–Crippen LogP) is 4.47. The van der Waals surface area contributed by atoms with Crippen molar-refractivity contribution in [1.82, 2.24) is 0 Å². The summed E-state index contributed by atoms with van der Waals surface area (Å²) in [4.78, 5) is 0. The van der Waals surface area contributed by atoms with Gasteiger partial charge in [0.1, 0.15) is 0 Å². The Hall–Kier alpha value is -0.780. The number of benzene rings is 1. The second-order valence-electron chi connectivity index (χ2n) is 6.04. The minimum absolute atomic E-state index is 0.502. The van der Waals surface area contributed by atoms with E-state index in [2.05, 4.69) is 38.1 Å². The van der Waals surface area contributed by atoms with E-state index in [1.165, 1.54) is 38.5 Å². The van der Waals surface area contributed by atoms with Crippen molar-refractivity contribution < 1.29 is 0 Å². The molecule has 1 aromatic carbocycles. The van der Waals surface area contributed by atoms with Gasteiger partial charge in [0.25, 0.3) is 0 Å². The van der Waals surface area contributed by atoms with Crippen molar-refractivity contribution in [3.8, 4) is 0 Å². The standard InChI is InChI=1S/C16H22/c1-3-16-11-7-6-10-15(16,2)12-13-8-4-5-9-14(13)16/h4-5,8-9H,3,6-7,10-12H2,1-2H3/t15-,16+/m1/s1. The van der Waals surface area contributed by atoms with Gasteiger partial charge in [-0.2, -0.15) is 0 Å². The zero-order chi connectivity index (χ0) is 11.2. The minimum Gasteiger partial charge on any atom is -0.0645 e. The molecule has 2 atom stereocenters. The number of rotatable bonds is 1. The molecule has 0 radical (unpaired) electrons. The van der Waals surface area contributed by atoms with E-state index in [1.807, 2.05) is 0 Å². The van der Waals surface area contributed by atoms with E-state index in [9.17, 15) is 0 Å². The maximum Gasteiger partial charge on any atom is 0.00100 e. The fourth-order valence-corrected chi connectivity index (χ4v) is 4.56. The molecule has 0 bridgehead atoms. The first-order valence-electron chi connectivity index (χ1n) is 6.80. The van der Waals surface area contributed by atoms with Crippen LogP contribution < -0.4 is 0 Å². The smallest absolute Gasteiger partial charge is 0.00100 e. The highest BCUT2D eigenvalue weighted by Gasteiger charge is 2.54. The van der Waals surface area contributed by atoms with E-state index in [0.717, 1.165) is 0 Å². The Kier molecular flexibility index (Phi) is 2.18. The molecule has 16 heavy (non-hydrogen) atoms. The topological polar surface area (TPSA) is 0 Å². The Balaban J connectivity index is 2.18. The molecule has 2 aliphatic carbocycles. The molecule has 0 nitrogen and oxygen atoms in total. The van der Waals surface area contributed by atoms with Gasteiger partial charge in [-0.25, -0.2) is 0 Å². The van der Waals surface area contributed by atoms with Crippen LogP contribution in [0.2, 0.25) is 0 Å².